The van der Waals surface area contributed by atoms with Crippen molar-refractivity contribution in [3.05, 3.63) is 29.8 Å². The van der Waals surface area contributed by atoms with E-state index in [4.69, 9.17) is 4.74 Å². The fourth-order valence-corrected chi connectivity index (χ4v) is 1.63. The highest BCUT2D eigenvalue weighted by atomic mass is 35.5. The minimum Gasteiger partial charge on any atom is -0.497 e. The summed E-state index contributed by atoms with van der Waals surface area (Å²) in [5, 5.41) is 5.95. The lowest BCUT2D eigenvalue weighted by molar-refractivity contribution is -0.121. The number of nitrogens with one attached hydrogen (secondary N) is 2. The van der Waals surface area contributed by atoms with Gasteiger partial charge in [-0.2, -0.15) is 0 Å². The van der Waals surface area contributed by atoms with Gasteiger partial charge in [0.2, 0.25) is 5.91 Å². The third-order valence-corrected chi connectivity index (χ3v) is 2.73. The first-order chi connectivity index (χ1) is 8.76. The number of ether oxygens (including phenoxy) is 1. The fraction of sp³-hybridized carbons (Fsp3) is 0.500. The summed E-state index contributed by atoms with van der Waals surface area (Å²) in [6.07, 6.45) is 2.26. The Bertz CT molecular complexity index is 355. The lowest BCUT2D eigenvalue weighted by Crippen LogP contribution is -2.26. The molecule has 108 valence electrons. The molecule has 19 heavy (non-hydrogen) atoms. The molecule has 1 amide bonds. The third kappa shape index (κ3) is 7.70. The Morgan fingerprint density at radius 2 is 1.89 bits per heavy atom. The smallest absolute Gasteiger partial charge is 0.220 e. The van der Waals surface area contributed by atoms with Crippen molar-refractivity contribution in [3.8, 4) is 5.75 Å². The van der Waals surface area contributed by atoms with Crippen LogP contribution in [0.4, 0.5) is 0 Å². The minimum absolute atomic E-state index is 0. The van der Waals surface area contributed by atoms with Crippen LogP contribution in [0, 0.1) is 0 Å². The van der Waals surface area contributed by atoms with E-state index in [1.807, 2.05) is 31.3 Å². The van der Waals surface area contributed by atoms with E-state index in [0.29, 0.717) is 6.42 Å². The zero-order valence-electron chi connectivity index (χ0n) is 11.6. The maximum absolute atomic E-state index is 11.5. The van der Waals surface area contributed by atoms with Crippen molar-refractivity contribution in [2.24, 2.45) is 0 Å². The summed E-state index contributed by atoms with van der Waals surface area (Å²) in [7, 11) is 3.55. The molecule has 4 nitrogen and oxygen atoms in total. The van der Waals surface area contributed by atoms with Gasteiger partial charge in [0, 0.05) is 13.0 Å². The molecule has 1 rings (SSSR count). The van der Waals surface area contributed by atoms with Crippen LogP contribution >= 0.6 is 12.4 Å². The van der Waals surface area contributed by atoms with E-state index in [-0.39, 0.29) is 18.3 Å². The summed E-state index contributed by atoms with van der Waals surface area (Å²) in [6, 6.07) is 7.82. The normalized spacial score (nSPS) is 9.58. The Hall–Kier alpha value is -1.26. The van der Waals surface area contributed by atoms with Gasteiger partial charge in [-0.3, -0.25) is 4.79 Å². The number of methoxy groups -OCH3 is 1. The van der Waals surface area contributed by atoms with Crippen molar-refractivity contribution < 1.29 is 9.53 Å². The maximum atomic E-state index is 11.5. The largest absolute Gasteiger partial charge is 0.497 e. The molecule has 0 fully saturated rings. The van der Waals surface area contributed by atoms with E-state index in [0.717, 1.165) is 37.2 Å². The molecule has 0 aliphatic heterocycles. The van der Waals surface area contributed by atoms with E-state index in [1.54, 1.807) is 7.11 Å². The first-order valence-corrected chi connectivity index (χ1v) is 6.30. The first kappa shape index (κ1) is 17.7. The number of hydrogen-bond acceptors (Lipinski definition) is 3. The number of hydrogen-bond donors (Lipinski definition) is 2. The highest BCUT2D eigenvalue weighted by Crippen LogP contribution is 2.12. The van der Waals surface area contributed by atoms with E-state index in [9.17, 15) is 4.79 Å². The molecule has 1 aromatic rings. The average molecular weight is 287 g/mol. The maximum Gasteiger partial charge on any atom is 0.220 e. The molecule has 0 aliphatic carbocycles. The van der Waals surface area contributed by atoms with Gasteiger partial charge in [-0.1, -0.05) is 12.1 Å². The molecule has 2 N–H and O–H groups in total. The molecule has 1 aromatic carbocycles. The predicted octanol–water partition coefficient (Wildman–Crippen LogP) is 1.78. The van der Waals surface area contributed by atoms with Crippen molar-refractivity contribution in [1.82, 2.24) is 10.6 Å². The van der Waals surface area contributed by atoms with Crippen molar-refractivity contribution in [2.45, 2.75) is 19.3 Å². The summed E-state index contributed by atoms with van der Waals surface area (Å²) >= 11 is 0. The molecule has 0 radical (unpaired) electrons. The van der Waals surface area contributed by atoms with Gasteiger partial charge >= 0.3 is 0 Å². The molecule has 0 unspecified atom stereocenters. The molecule has 5 heteroatoms. The predicted molar refractivity (Wildman–Crippen MR) is 80.1 cm³/mol. The van der Waals surface area contributed by atoms with Crippen LogP contribution in [-0.2, 0) is 11.2 Å². The SMILES string of the molecule is CNCCCNC(=O)CCc1ccc(OC)cc1.Cl. The van der Waals surface area contributed by atoms with Crippen LogP contribution < -0.4 is 15.4 Å². The molecule has 0 aromatic heterocycles. The number of carbonyl (C=O) groups is 1. The summed E-state index contributed by atoms with van der Waals surface area (Å²) in [6.45, 7) is 1.67. The van der Waals surface area contributed by atoms with Gasteiger partial charge in [0.1, 0.15) is 5.75 Å². The Morgan fingerprint density at radius 3 is 2.47 bits per heavy atom. The Balaban J connectivity index is 0.00000324. The van der Waals surface area contributed by atoms with E-state index >= 15 is 0 Å². The van der Waals surface area contributed by atoms with Gasteiger partial charge in [-0.25, -0.2) is 0 Å². The lowest BCUT2D eigenvalue weighted by Gasteiger charge is -2.05. The molecule has 0 heterocycles. The lowest BCUT2D eigenvalue weighted by atomic mass is 10.1. The van der Waals surface area contributed by atoms with Crippen molar-refractivity contribution in [1.29, 1.82) is 0 Å². The molecular formula is C14H23ClN2O2. The van der Waals surface area contributed by atoms with Gasteiger partial charge in [0.25, 0.3) is 0 Å². The average Bonchev–Trinajstić information content (AvgIpc) is 2.42. The molecule has 0 saturated heterocycles. The summed E-state index contributed by atoms with van der Waals surface area (Å²) in [5.41, 5.74) is 1.15. The fourth-order valence-electron chi connectivity index (χ4n) is 1.63. The third-order valence-electron chi connectivity index (χ3n) is 2.73. The second-order valence-corrected chi connectivity index (χ2v) is 4.16. The van der Waals surface area contributed by atoms with E-state index < -0.39 is 0 Å². The number of halogens is 1. The molecule has 0 spiro atoms. The van der Waals surface area contributed by atoms with Gasteiger partial charge in [0.15, 0.2) is 0 Å². The van der Waals surface area contributed by atoms with Crippen LogP contribution in [0.2, 0.25) is 0 Å². The molecule has 0 aliphatic rings. The van der Waals surface area contributed by atoms with Crippen molar-refractivity contribution >= 4 is 18.3 Å². The second kappa shape index (κ2) is 10.6. The van der Waals surface area contributed by atoms with Crippen molar-refractivity contribution in [2.75, 3.05) is 27.2 Å². The van der Waals surface area contributed by atoms with Crippen LogP contribution in [0.15, 0.2) is 24.3 Å². The molecule has 0 bridgehead atoms. The zero-order chi connectivity index (χ0) is 13.2. The number of aryl methyl sites for hydroxylation is 1. The van der Waals surface area contributed by atoms with Crippen LogP contribution in [0.25, 0.3) is 0 Å². The number of carbonyl (C=O) groups excluding carboxylic acids is 1. The number of benzene rings is 1. The first-order valence-electron chi connectivity index (χ1n) is 6.30. The summed E-state index contributed by atoms with van der Waals surface area (Å²) in [4.78, 5) is 11.5. The van der Waals surface area contributed by atoms with E-state index in [2.05, 4.69) is 10.6 Å². The monoisotopic (exact) mass is 286 g/mol. The van der Waals surface area contributed by atoms with E-state index in [1.165, 1.54) is 0 Å². The molecule has 0 saturated carbocycles. The van der Waals surface area contributed by atoms with Gasteiger partial charge in [-0.15, -0.1) is 12.4 Å². The standard InChI is InChI=1S/C14H22N2O2.ClH/c1-15-10-3-11-16-14(17)9-6-12-4-7-13(18-2)8-5-12;/h4-5,7-8,15H,3,6,9-11H2,1-2H3,(H,16,17);1H. The van der Waals surface area contributed by atoms with Gasteiger partial charge in [-0.05, 0) is 44.1 Å². The molecular weight excluding hydrogens is 264 g/mol. The Morgan fingerprint density at radius 1 is 1.21 bits per heavy atom. The number of amides is 1. The van der Waals surface area contributed by atoms with Gasteiger partial charge in [0.05, 0.1) is 7.11 Å². The van der Waals surface area contributed by atoms with Crippen LogP contribution in [0.3, 0.4) is 0 Å². The summed E-state index contributed by atoms with van der Waals surface area (Å²) in [5.74, 6) is 0.956. The highest BCUT2D eigenvalue weighted by molar-refractivity contribution is 5.85. The zero-order valence-corrected chi connectivity index (χ0v) is 12.4. The number of rotatable bonds is 8. The van der Waals surface area contributed by atoms with Crippen molar-refractivity contribution in [3.63, 3.8) is 0 Å². The quantitative estimate of drug-likeness (QED) is 0.716. The van der Waals surface area contributed by atoms with Crippen LogP contribution in [-0.4, -0.2) is 33.2 Å². The van der Waals surface area contributed by atoms with Crippen LogP contribution in [0.5, 0.6) is 5.75 Å². The highest BCUT2D eigenvalue weighted by Gasteiger charge is 2.01. The second-order valence-electron chi connectivity index (χ2n) is 4.16. The topological polar surface area (TPSA) is 50.4 Å². The van der Waals surface area contributed by atoms with Gasteiger partial charge < -0.3 is 15.4 Å². The minimum atomic E-state index is 0. The Labute approximate surface area is 121 Å². The molecule has 0 atom stereocenters. The Kier molecular flexibility index (Phi) is 9.94. The summed E-state index contributed by atoms with van der Waals surface area (Å²) < 4.78 is 5.09. The van der Waals surface area contributed by atoms with Crippen LogP contribution in [0.1, 0.15) is 18.4 Å².